The fraction of sp³-hybridized carbons (Fsp3) is 1.00. The van der Waals surface area contributed by atoms with Crippen molar-refractivity contribution in [1.82, 2.24) is 0 Å². The number of hydrogen-bond donors (Lipinski definition) is 0. The van der Waals surface area contributed by atoms with Crippen molar-refractivity contribution >= 4 is 19.7 Å². The Hall–Kier alpha value is -1.23. The first-order valence-electron chi connectivity index (χ1n) is 6.91. The van der Waals surface area contributed by atoms with E-state index in [0.29, 0.717) is 0 Å². The van der Waals surface area contributed by atoms with E-state index in [-0.39, 0.29) is 0 Å². The highest BCUT2D eigenvalue weighted by Gasteiger charge is 2.99. The van der Waals surface area contributed by atoms with Crippen LogP contribution in [0.25, 0.3) is 0 Å². The van der Waals surface area contributed by atoms with Crippen LogP contribution in [0.1, 0.15) is 0 Å². The minimum Gasteiger partial charge on any atom is -0.208 e. The van der Waals surface area contributed by atoms with Gasteiger partial charge in [-0.15, -0.1) is 0 Å². The topological polar surface area (TPSA) is 34.1 Å². The molecule has 0 fully saturated rings. The van der Waals surface area contributed by atoms with Crippen LogP contribution in [0.15, 0.2) is 0 Å². The maximum Gasteiger partial charge on any atom is 0.460 e. The molecule has 0 heterocycles. The molecule has 0 bridgehead atoms. The van der Waals surface area contributed by atoms with Gasteiger partial charge in [-0.2, -0.15) is 87.8 Å². The van der Waals surface area contributed by atoms with Gasteiger partial charge < -0.3 is 0 Å². The van der Waals surface area contributed by atoms with E-state index in [1.165, 1.54) is 0 Å². The molecule has 1 unspecified atom stereocenters. The Morgan fingerprint density at radius 2 is 0.543 bits per heavy atom. The van der Waals surface area contributed by atoms with Crippen molar-refractivity contribution in [2.75, 3.05) is 0 Å². The molecule has 0 spiro atoms. The molecule has 0 aromatic rings. The van der Waals surface area contributed by atoms with Crippen molar-refractivity contribution in [3.63, 3.8) is 0 Å². The van der Waals surface area contributed by atoms with Gasteiger partial charge in [0, 0.05) is 10.7 Å². The van der Waals surface area contributed by atoms with Crippen LogP contribution in [0.5, 0.6) is 0 Å². The zero-order chi connectivity index (χ0) is 29.5. The van der Waals surface area contributed by atoms with Crippen molar-refractivity contribution < 1.29 is 101 Å². The van der Waals surface area contributed by atoms with Gasteiger partial charge in [0.2, 0.25) is 0 Å². The Morgan fingerprint density at radius 1 is 0.343 bits per heavy atom. The average Bonchev–Trinajstić information content (AvgIpc) is 2.56. The number of hydrogen-bond acceptors (Lipinski definition) is 2. The van der Waals surface area contributed by atoms with E-state index < -0.39 is 67.9 Å². The molecule has 35 heavy (non-hydrogen) atoms. The predicted molar refractivity (Wildman–Crippen MR) is 65.4 cm³/mol. The summed E-state index contributed by atoms with van der Waals surface area (Å²) in [5.74, 6) is -63.7. The van der Waals surface area contributed by atoms with Crippen molar-refractivity contribution in [3.8, 4) is 0 Å². The third kappa shape index (κ3) is 3.94. The zero-order valence-corrected chi connectivity index (χ0v) is 16.1. The maximum atomic E-state index is 13.6. The predicted octanol–water partition coefficient (Wildman–Crippen LogP) is 6.79. The molecule has 0 aliphatic rings. The molecule has 0 N–H and O–H groups in total. The SMILES string of the molecule is O=S(=O)(Cl)C(F)(C(F)(F)F)C(F)(F)C(F)(F)C(F)(F)C(F)(F)C(F)(F)C(F)(F)C(F)(F)C(F)(F)F. The van der Waals surface area contributed by atoms with Gasteiger partial charge >= 0.3 is 58.8 Å². The van der Waals surface area contributed by atoms with Crippen LogP contribution < -0.4 is 0 Å². The summed E-state index contributed by atoms with van der Waals surface area (Å²) in [4.78, 5) is 0. The highest BCUT2D eigenvalue weighted by atomic mass is 35.7. The highest BCUT2D eigenvalue weighted by molar-refractivity contribution is 8.14. The van der Waals surface area contributed by atoms with Crippen LogP contribution in [0.4, 0.5) is 92.2 Å². The van der Waals surface area contributed by atoms with E-state index in [4.69, 9.17) is 0 Å². The van der Waals surface area contributed by atoms with Crippen LogP contribution >= 0.6 is 10.7 Å². The van der Waals surface area contributed by atoms with Crippen molar-refractivity contribution in [3.05, 3.63) is 0 Å². The first-order chi connectivity index (χ1) is 14.5. The molecule has 0 aliphatic carbocycles. The van der Waals surface area contributed by atoms with Crippen LogP contribution in [0, 0.1) is 0 Å². The van der Waals surface area contributed by atoms with Gasteiger partial charge in [0.1, 0.15) is 0 Å². The van der Waals surface area contributed by atoms with Crippen LogP contribution in [-0.2, 0) is 9.05 Å². The molecule has 2 nitrogen and oxygen atoms in total. The molecule has 212 valence electrons. The molecule has 0 aliphatic heterocycles. The molecular formula is C10ClF21O2S. The first kappa shape index (κ1) is 33.8. The highest BCUT2D eigenvalue weighted by Crippen LogP contribution is 2.66. The Morgan fingerprint density at radius 3 is 0.714 bits per heavy atom. The van der Waals surface area contributed by atoms with Crippen LogP contribution in [0.2, 0.25) is 0 Å². The molecule has 0 aromatic carbocycles. The van der Waals surface area contributed by atoms with Gasteiger partial charge in [0.05, 0.1) is 0 Å². The fourth-order valence-corrected chi connectivity index (χ4v) is 3.10. The summed E-state index contributed by atoms with van der Waals surface area (Å²) in [5, 5.41) is -8.31. The first-order valence-corrected chi connectivity index (χ1v) is 9.22. The second kappa shape index (κ2) is 7.88. The molecule has 0 rings (SSSR count). The smallest absolute Gasteiger partial charge is 0.208 e. The van der Waals surface area contributed by atoms with Crippen LogP contribution in [0.3, 0.4) is 0 Å². The largest absolute Gasteiger partial charge is 0.460 e. The molecule has 1 atom stereocenters. The van der Waals surface area contributed by atoms with Gasteiger partial charge in [0.25, 0.3) is 9.05 Å². The Kier molecular flexibility index (Phi) is 7.61. The molecule has 0 radical (unpaired) electrons. The van der Waals surface area contributed by atoms with Gasteiger partial charge in [-0.05, 0) is 0 Å². The van der Waals surface area contributed by atoms with Crippen molar-refractivity contribution in [1.29, 1.82) is 0 Å². The summed E-state index contributed by atoms with van der Waals surface area (Å²) >= 11 is 0. The zero-order valence-electron chi connectivity index (χ0n) is 14.5. The summed E-state index contributed by atoms with van der Waals surface area (Å²) in [6.45, 7) is 0. The molecule has 0 saturated heterocycles. The lowest BCUT2D eigenvalue weighted by atomic mass is 9.87. The minimum atomic E-state index is -9.36. The van der Waals surface area contributed by atoms with E-state index in [2.05, 4.69) is 10.7 Å². The Balaban J connectivity index is 7.39. The summed E-state index contributed by atoms with van der Waals surface area (Å²) in [5.41, 5.74) is 0. The standard InChI is InChI=1S/C10ClF21O2S/c11-35(33,34)8(26,10(30,31)32)6(22,23)4(18,19)2(14,15)1(12,13)3(16,17)5(20,21)7(24,25)9(27,28)29. The van der Waals surface area contributed by atoms with Gasteiger partial charge in [-0.25, -0.2) is 12.8 Å². The lowest BCUT2D eigenvalue weighted by molar-refractivity contribution is -0.467. The molecule has 0 saturated carbocycles. The minimum absolute atomic E-state index is 3.49. The Bertz CT molecular complexity index is 913. The van der Waals surface area contributed by atoms with Gasteiger partial charge in [-0.1, -0.05) is 0 Å². The van der Waals surface area contributed by atoms with E-state index in [9.17, 15) is 101 Å². The molecule has 0 amide bonds. The summed E-state index contributed by atoms with van der Waals surface area (Å²) in [6.07, 6.45) is -16.2. The van der Waals surface area contributed by atoms with E-state index in [0.717, 1.165) is 0 Å². The average molecular weight is 619 g/mol. The summed E-state index contributed by atoms with van der Waals surface area (Å²) < 4.78 is 292. The maximum absolute atomic E-state index is 13.6. The molecular weight excluding hydrogens is 619 g/mol. The number of rotatable bonds is 8. The molecule has 0 aromatic heterocycles. The lowest BCUT2D eigenvalue weighted by Crippen LogP contribution is -2.77. The lowest BCUT2D eigenvalue weighted by Gasteiger charge is -2.44. The summed E-state index contributed by atoms with van der Waals surface area (Å²) in [6, 6.07) is 0. The van der Waals surface area contributed by atoms with Gasteiger partial charge in [0.15, 0.2) is 0 Å². The van der Waals surface area contributed by atoms with Crippen molar-refractivity contribution in [2.24, 2.45) is 0 Å². The monoisotopic (exact) mass is 618 g/mol. The second-order valence-electron chi connectivity index (χ2n) is 6.05. The fourth-order valence-electron chi connectivity index (χ4n) is 1.84. The van der Waals surface area contributed by atoms with E-state index in [1.54, 1.807) is 0 Å². The Labute approximate surface area is 180 Å². The third-order valence-electron chi connectivity index (χ3n) is 3.83. The third-order valence-corrected chi connectivity index (χ3v) is 5.62. The quantitative estimate of drug-likeness (QED) is 0.222. The number of halogens is 22. The van der Waals surface area contributed by atoms with E-state index in [1.807, 2.05) is 0 Å². The normalized spacial score (nSPS) is 18.5. The van der Waals surface area contributed by atoms with Gasteiger partial charge in [-0.3, -0.25) is 0 Å². The van der Waals surface area contributed by atoms with Crippen molar-refractivity contribution in [2.45, 2.75) is 58.8 Å². The second-order valence-corrected chi connectivity index (χ2v) is 8.71. The number of alkyl halides is 21. The molecule has 25 heteroatoms. The van der Waals surface area contributed by atoms with E-state index >= 15 is 0 Å². The summed E-state index contributed by atoms with van der Waals surface area (Å²) in [7, 11) is -4.62. The van der Waals surface area contributed by atoms with Crippen LogP contribution in [-0.4, -0.2) is 67.2 Å².